The number of carboxylic acid groups (broad SMARTS) is 1. The van der Waals surface area contributed by atoms with Crippen molar-refractivity contribution in [2.24, 2.45) is 11.8 Å². The van der Waals surface area contributed by atoms with Gasteiger partial charge in [-0.3, -0.25) is 9.59 Å². The molecule has 1 heterocycles. The third kappa shape index (κ3) is 6.06. The number of anilines is 1. The highest BCUT2D eigenvalue weighted by Crippen LogP contribution is 2.32. The van der Waals surface area contributed by atoms with Crippen molar-refractivity contribution in [3.63, 3.8) is 0 Å². The summed E-state index contributed by atoms with van der Waals surface area (Å²) < 4.78 is 7.77. The van der Waals surface area contributed by atoms with Crippen LogP contribution in [0.2, 0.25) is 0 Å². The minimum absolute atomic E-state index is 0.00113. The third-order valence-electron chi connectivity index (χ3n) is 6.02. The van der Waals surface area contributed by atoms with E-state index in [0.717, 1.165) is 38.5 Å². The zero-order chi connectivity index (χ0) is 24.0. The molecule has 1 aromatic heterocycles. The lowest BCUT2D eigenvalue weighted by Crippen LogP contribution is -2.31. The van der Waals surface area contributed by atoms with Crippen molar-refractivity contribution < 1.29 is 19.4 Å². The van der Waals surface area contributed by atoms with Crippen molar-refractivity contribution >= 4 is 28.5 Å². The molecule has 0 radical (unpaired) electrons. The van der Waals surface area contributed by atoms with E-state index in [4.69, 9.17) is 4.74 Å². The molecule has 1 aliphatic rings. The number of hydrogen-bond acceptors (Lipinski definition) is 4. The van der Waals surface area contributed by atoms with Gasteiger partial charge in [-0.15, -0.1) is 0 Å². The van der Waals surface area contributed by atoms with E-state index in [9.17, 15) is 19.5 Å². The summed E-state index contributed by atoms with van der Waals surface area (Å²) in [6.45, 7) is 6.91. The smallest absolute Gasteiger partial charge is 0.404 e. The molecule has 2 amide bonds. The number of benzene rings is 1. The van der Waals surface area contributed by atoms with Crippen LogP contribution < -0.4 is 20.9 Å². The first-order chi connectivity index (χ1) is 15.8. The molecule has 3 N–H and O–H groups in total. The van der Waals surface area contributed by atoms with Gasteiger partial charge >= 0.3 is 6.09 Å². The molecule has 8 nitrogen and oxygen atoms in total. The highest BCUT2D eigenvalue weighted by atomic mass is 16.5. The van der Waals surface area contributed by atoms with Crippen LogP contribution in [0.5, 0.6) is 5.75 Å². The number of fused-ring (bicyclic) bond motifs is 1. The van der Waals surface area contributed by atoms with Gasteiger partial charge in [0.05, 0.1) is 24.2 Å². The summed E-state index contributed by atoms with van der Waals surface area (Å²) in [6.07, 6.45) is 4.53. The van der Waals surface area contributed by atoms with Gasteiger partial charge in [-0.2, -0.15) is 0 Å². The van der Waals surface area contributed by atoms with Crippen LogP contribution in [-0.2, 0) is 17.9 Å². The molecule has 0 spiro atoms. The molecule has 180 valence electrons. The molecule has 3 rings (SSSR count). The summed E-state index contributed by atoms with van der Waals surface area (Å²) >= 11 is 0. The molecule has 8 heteroatoms. The summed E-state index contributed by atoms with van der Waals surface area (Å²) in [5.41, 5.74) is 0.911. The van der Waals surface area contributed by atoms with Crippen LogP contribution in [0.25, 0.3) is 10.8 Å². The number of aromatic nitrogens is 1. The number of rotatable bonds is 10. The molecule has 0 bridgehead atoms. The van der Waals surface area contributed by atoms with E-state index in [1.54, 1.807) is 22.8 Å². The van der Waals surface area contributed by atoms with Crippen LogP contribution in [0.15, 0.2) is 23.0 Å². The second-order valence-electron chi connectivity index (χ2n) is 9.18. The lowest BCUT2D eigenvalue weighted by Gasteiger charge is -2.22. The standard InChI is InChI=1S/C25H35N3O5/c1-4-5-12-33-22-20-13-18(27-23(29)17-8-6-7-9-17)10-11-19(20)24(30)28(15-16(2)3)21(22)14-26-25(31)32/h10-11,13,16-17,26H,4-9,12,14-15H2,1-3H3,(H,27,29)(H,31,32). The Morgan fingerprint density at radius 2 is 1.94 bits per heavy atom. The van der Waals surface area contributed by atoms with Crippen molar-refractivity contribution in [2.75, 3.05) is 11.9 Å². The molecule has 33 heavy (non-hydrogen) atoms. The lowest BCUT2D eigenvalue weighted by molar-refractivity contribution is -0.119. The average Bonchev–Trinajstić information content (AvgIpc) is 3.31. The molecule has 0 saturated heterocycles. The molecule has 1 fully saturated rings. The predicted octanol–water partition coefficient (Wildman–Crippen LogP) is 4.73. The van der Waals surface area contributed by atoms with Crippen LogP contribution in [0.4, 0.5) is 10.5 Å². The van der Waals surface area contributed by atoms with E-state index < -0.39 is 6.09 Å². The van der Waals surface area contributed by atoms with E-state index in [-0.39, 0.29) is 29.8 Å². The number of pyridine rings is 1. The number of carbonyl (C=O) groups excluding carboxylic acids is 1. The fourth-order valence-electron chi connectivity index (χ4n) is 4.35. The van der Waals surface area contributed by atoms with Crippen LogP contribution in [0.3, 0.4) is 0 Å². The number of unbranched alkanes of at least 4 members (excludes halogenated alkanes) is 1. The van der Waals surface area contributed by atoms with Gasteiger partial charge in [-0.1, -0.05) is 40.0 Å². The Balaban J connectivity index is 2.11. The number of hydrogen-bond donors (Lipinski definition) is 3. The van der Waals surface area contributed by atoms with Crippen molar-refractivity contribution in [1.29, 1.82) is 0 Å². The van der Waals surface area contributed by atoms with Crippen molar-refractivity contribution in [1.82, 2.24) is 9.88 Å². The van der Waals surface area contributed by atoms with Crippen LogP contribution in [0.1, 0.15) is 65.0 Å². The normalized spacial score (nSPS) is 14.1. The molecular weight excluding hydrogens is 422 g/mol. The van der Waals surface area contributed by atoms with Crippen LogP contribution >= 0.6 is 0 Å². The minimum Gasteiger partial charge on any atom is -0.491 e. The van der Waals surface area contributed by atoms with E-state index in [0.29, 0.717) is 41.1 Å². The Kier molecular flexibility index (Phi) is 8.36. The molecule has 0 atom stereocenters. The van der Waals surface area contributed by atoms with Gasteiger partial charge in [0.2, 0.25) is 5.91 Å². The van der Waals surface area contributed by atoms with Gasteiger partial charge in [-0.25, -0.2) is 4.79 Å². The van der Waals surface area contributed by atoms with Crippen molar-refractivity contribution in [3.05, 3.63) is 34.2 Å². The molecule has 0 unspecified atom stereocenters. The fraction of sp³-hybridized carbons (Fsp3) is 0.560. The van der Waals surface area contributed by atoms with Gasteiger partial charge in [0, 0.05) is 23.5 Å². The topological polar surface area (TPSA) is 110 Å². The summed E-state index contributed by atoms with van der Waals surface area (Å²) in [5, 5.41) is 15.6. The first-order valence-electron chi connectivity index (χ1n) is 11.9. The van der Waals surface area contributed by atoms with Crippen molar-refractivity contribution in [2.45, 2.75) is 72.4 Å². The Morgan fingerprint density at radius 1 is 1.21 bits per heavy atom. The van der Waals surface area contributed by atoms with Gasteiger partial charge in [0.25, 0.3) is 5.56 Å². The lowest BCUT2D eigenvalue weighted by atomic mass is 10.1. The highest BCUT2D eigenvalue weighted by Gasteiger charge is 2.24. The van der Waals surface area contributed by atoms with Crippen LogP contribution in [0, 0.1) is 11.8 Å². The maximum absolute atomic E-state index is 13.4. The fourth-order valence-corrected chi connectivity index (χ4v) is 4.35. The van der Waals surface area contributed by atoms with E-state index in [1.165, 1.54) is 0 Å². The number of amides is 2. The predicted molar refractivity (Wildman–Crippen MR) is 129 cm³/mol. The number of nitrogens with zero attached hydrogens (tertiary/aromatic N) is 1. The Hall–Kier alpha value is -3.03. The first kappa shape index (κ1) is 24.6. The number of carbonyl (C=O) groups is 2. The van der Waals surface area contributed by atoms with Crippen LogP contribution in [-0.4, -0.2) is 28.3 Å². The molecular formula is C25H35N3O5. The number of ether oxygens (including phenoxy) is 1. The molecule has 1 aromatic carbocycles. The summed E-state index contributed by atoms with van der Waals surface area (Å²) in [6, 6.07) is 5.25. The summed E-state index contributed by atoms with van der Waals surface area (Å²) in [5.74, 6) is 0.693. The number of nitrogens with one attached hydrogen (secondary N) is 2. The minimum atomic E-state index is -1.17. The molecule has 0 aliphatic heterocycles. The van der Waals surface area contributed by atoms with E-state index in [2.05, 4.69) is 17.6 Å². The SMILES string of the molecule is CCCCOc1c(CNC(=O)O)n(CC(C)C)c(=O)c2ccc(NC(=O)C3CCCC3)cc12. The zero-order valence-corrected chi connectivity index (χ0v) is 19.8. The first-order valence-corrected chi connectivity index (χ1v) is 11.9. The quantitative estimate of drug-likeness (QED) is 0.447. The van der Waals surface area contributed by atoms with E-state index >= 15 is 0 Å². The van der Waals surface area contributed by atoms with Gasteiger partial charge in [0.1, 0.15) is 5.75 Å². The Bertz CT molecular complexity index is 1050. The Labute approximate surface area is 194 Å². The molecule has 2 aromatic rings. The average molecular weight is 458 g/mol. The molecule has 1 aliphatic carbocycles. The summed E-state index contributed by atoms with van der Waals surface area (Å²) in [7, 11) is 0. The monoisotopic (exact) mass is 457 g/mol. The zero-order valence-electron chi connectivity index (χ0n) is 19.8. The maximum atomic E-state index is 13.4. The van der Waals surface area contributed by atoms with Gasteiger partial charge in [-0.05, 0) is 43.4 Å². The van der Waals surface area contributed by atoms with E-state index in [1.807, 2.05) is 13.8 Å². The molecule has 1 saturated carbocycles. The summed E-state index contributed by atoms with van der Waals surface area (Å²) in [4.78, 5) is 37.3. The largest absolute Gasteiger partial charge is 0.491 e. The maximum Gasteiger partial charge on any atom is 0.404 e. The third-order valence-corrected chi connectivity index (χ3v) is 6.02. The second kappa shape index (κ2) is 11.2. The van der Waals surface area contributed by atoms with Gasteiger partial charge < -0.3 is 25.0 Å². The van der Waals surface area contributed by atoms with Crippen molar-refractivity contribution in [3.8, 4) is 5.75 Å². The Morgan fingerprint density at radius 3 is 2.58 bits per heavy atom. The van der Waals surface area contributed by atoms with Gasteiger partial charge in [0.15, 0.2) is 0 Å². The highest BCUT2D eigenvalue weighted by molar-refractivity contribution is 5.97. The second-order valence-corrected chi connectivity index (χ2v) is 9.18.